The highest BCUT2D eigenvalue weighted by atomic mass is 32.2. The number of ether oxygens (including phenoxy) is 5. The number of aliphatic hydroxyl groups excluding tert-OH is 1. The molecule has 8 aliphatic rings. The number of nitrogens with zero attached hydrogens (tertiary/aromatic N) is 3. The van der Waals surface area contributed by atoms with Gasteiger partial charge in [-0.05, 0) is 50.1 Å². The number of piperazine rings is 1. The van der Waals surface area contributed by atoms with Crippen molar-refractivity contribution in [2.45, 2.75) is 80.5 Å². The SMILES string of the molecule is COc1c(C)cc2c(c1O)[C@H]1[C@@H]3[C@@H]4SC[C@]5(N[C@H](CO)Cc6c5[nH]c5ccccc65)C(=O)OCC[C@@H](c5c6c(c(C)c(OC(C)=O)c54)OCO6)N3C(C#N)(C2)CN1C. The second-order valence-corrected chi connectivity index (χ2v) is 17.6. The number of aromatic hydroxyl groups is 1. The van der Waals surface area contributed by atoms with Gasteiger partial charge in [-0.25, -0.2) is 4.79 Å². The van der Waals surface area contributed by atoms with E-state index in [9.17, 15) is 25.1 Å². The number of thioether (sulfide) groups is 1. The number of fused-ring (bicyclic) bond motifs is 9. The predicted octanol–water partition coefficient (Wildman–Crippen LogP) is 4.51. The van der Waals surface area contributed by atoms with Crippen LogP contribution in [-0.2, 0) is 32.7 Å². The van der Waals surface area contributed by atoms with E-state index in [1.165, 1.54) is 18.7 Å². The number of aryl methyl sites for hydroxylation is 1. The van der Waals surface area contributed by atoms with E-state index in [2.05, 4.69) is 26.2 Å². The van der Waals surface area contributed by atoms with Crippen molar-refractivity contribution in [3.05, 3.63) is 75.0 Å². The summed E-state index contributed by atoms with van der Waals surface area (Å²) in [5.41, 5.74) is 4.27. The molecule has 15 heteroatoms. The van der Waals surface area contributed by atoms with Crippen molar-refractivity contribution in [1.82, 2.24) is 20.1 Å². The van der Waals surface area contributed by atoms with Crippen LogP contribution in [0.1, 0.15) is 75.3 Å². The molecular weight excluding hydrogens is 763 g/mol. The minimum Gasteiger partial charge on any atom is -0.504 e. The molecule has 8 aliphatic heterocycles. The van der Waals surface area contributed by atoms with Crippen LogP contribution >= 0.6 is 11.8 Å². The largest absolute Gasteiger partial charge is 0.504 e. The molecule has 0 saturated carbocycles. The van der Waals surface area contributed by atoms with E-state index in [0.29, 0.717) is 59.2 Å². The first-order chi connectivity index (χ1) is 28.0. The van der Waals surface area contributed by atoms with Crippen molar-refractivity contribution in [1.29, 1.82) is 5.26 Å². The third kappa shape index (κ3) is 4.99. The van der Waals surface area contributed by atoms with Crippen LogP contribution in [0.3, 0.4) is 0 Å². The number of phenolic OH excluding ortho intramolecular Hbond substituents is 1. The quantitative estimate of drug-likeness (QED) is 0.168. The van der Waals surface area contributed by atoms with Crippen LogP contribution in [-0.4, -0.2) is 101 Å². The van der Waals surface area contributed by atoms with Crippen LogP contribution in [0.15, 0.2) is 30.3 Å². The van der Waals surface area contributed by atoms with E-state index in [1.54, 1.807) is 7.11 Å². The summed E-state index contributed by atoms with van der Waals surface area (Å²) in [5.74, 6) is 0.875. The second kappa shape index (κ2) is 13.3. The minimum absolute atomic E-state index is 0.0240. The molecule has 0 aliphatic carbocycles. The molecule has 0 radical (unpaired) electrons. The third-order valence-corrected chi connectivity index (χ3v) is 14.8. The molecule has 9 heterocycles. The van der Waals surface area contributed by atoms with Crippen LogP contribution in [0.2, 0.25) is 0 Å². The monoisotopic (exact) mass is 807 g/mol. The van der Waals surface area contributed by atoms with Gasteiger partial charge in [0.05, 0.1) is 43.4 Å². The molecule has 2 fully saturated rings. The average molecular weight is 808 g/mol. The molecule has 1 spiro atoms. The Morgan fingerprint density at radius 3 is 2.69 bits per heavy atom. The molecule has 14 nitrogen and oxygen atoms in total. The molecule has 4 N–H and O–H groups in total. The summed E-state index contributed by atoms with van der Waals surface area (Å²) in [7, 11) is 3.52. The highest BCUT2D eigenvalue weighted by molar-refractivity contribution is 7.99. The van der Waals surface area contributed by atoms with E-state index in [4.69, 9.17) is 23.7 Å². The van der Waals surface area contributed by atoms with Gasteiger partial charge in [-0.1, -0.05) is 24.3 Å². The molecule has 12 rings (SSSR count). The smallest absolute Gasteiger partial charge is 0.333 e. The summed E-state index contributed by atoms with van der Waals surface area (Å²) in [6, 6.07) is 10.7. The Kier molecular flexibility index (Phi) is 8.53. The summed E-state index contributed by atoms with van der Waals surface area (Å²) >= 11 is 1.50. The molecule has 4 bridgehead atoms. The number of aromatic nitrogens is 1. The van der Waals surface area contributed by atoms with Crippen molar-refractivity contribution in [2.75, 3.05) is 46.5 Å². The first-order valence-corrected chi connectivity index (χ1v) is 20.7. The normalized spacial score (nSPS) is 30.7. The zero-order valence-corrected chi connectivity index (χ0v) is 33.7. The Balaban J connectivity index is 1.27. The van der Waals surface area contributed by atoms with Gasteiger partial charge in [-0.3, -0.25) is 19.9 Å². The highest BCUT2D eigenvalue weighted by Gasteiger charge is 2.64. The van der Waals surface area contributed by atoms with Crippen molar-refractivity contribution in [3.8, 4) is 34.8 Å². The summed E-state index contributed by atoms with van der Waals surface area (Å²) in [6.45, 7) is 5.19. The van der Waals surface area contributed by atoms with E-state index >= 15 is 0 Å². The van der Waals surface area contributed by atoms with E-state index < -0.39 is 52.4 Å². The van der Waals surface area contributed by atoms with Gasteiger partial charge in [0.15, 0.2) is 28.5 Å². The molecule has 0 amide bonds. The lowest BCUT2D eigenvalue weighted by Gasteiger charge is -2.60. The van der Waals surface area contributed by atoms with Gasteiger partial charge in [0.2, 0.25) is 6.79 Å². The van der Waals surface area contributed by atoms with Crippen molar-refractivity contribution in [3.63, 3.8) is 0 Å². The summed E-state index contributed by atoms with van der Waals surface area (Å²) in [5, 5.41) is 38.4. The number of nitrogens with one attached hydrogen (secondary N) is 2. The molecule has 58 heavy (non-hydrogen) atoms. The maximum atomic E-state index is 14.9. The number of esters is 2. The van der Waals surface area contributed by atoms with Gasteiger partial charge < -0.3 is 38.9 Å². The first kappa shape index (κ1) is 37.3. The number of aromatic amines is 1. The second-order valence-electron chi connectivity index (χ2n) is 16.5. The molecule has 2 saturated heterocycles. The number of benzene rings is 3. The van der Waals surface area contributed by atoms with Crippen LogP contribution in [0.25, 0.3) is 10.9 Å². The zero-order chi connectivity index (χ0) is 40.4. The van der Waals surface area contributed by atoms with Gasteiger partial charge in [-0.15, -0.1) is 11.8 Å². The molecule has 4 aromatic rings. The fraction of sp³-hybridized carbons (Fsp3) is 0.465. The number of likely N-dealkylation sites (N-methyl/N-ethyl adjacent to an activating group) is 1. The maximum absolute atomic E-state index is 14.9. The zero-order valence-electron chi connectivity index (χ0n) is 32.9. The standard InChI is InChI=1S/C43H45N5O9S/c1-20-12-23-14-42(16-44)17-47(4)32(29(23)34(51)35(20)53-5)33-39-31-30(38-37(55-19-56-38)21(2)36(31)57-22(3)50)28(48(33)42)10-11-54-41(52)43(18-58-39)40-26(13-24(15-49)46-43)25-8-6-7-9-27(25)45-40/h6-9,12,24,28,32-33,39,45-46,49,51H,10-11,13-15,17-19H2,1-5H3/t24-,28-,32-,33+,39+,42?,43+/m0/s1. The maximum Gasteiger partial charge on any atom is 0.333 e. The average Bonchev–Trinajstić information content (AvgIpc) is 3.78. The number of carbonyl (C=O) groups excluding carboxylic acids is 2. The minimum atomic E-state index is -1.44. The highest BCUT2D eigenvalue weighted by Crippen LogP contribution is 2.66. The van der Waals surface area contributed by atoms with Gasteiger partial charge >= 0.3 is 11.9 Å². The van der Waals surface area contributed by atoms with Crippen LogP contribution in [0, 0.1) is 25.2 Å². The van der Waals surface area contributed by atoms with Crippen LogP contribution in [0.4, 0.5) is 0 Å². The fourth-order valence-electron chi connectivity index (χ4n) is 11.2. The molecule has 2 unspecified atom stereocenters. The van der Waals surface area contributed by atoms with Gasteiger partial charge in [0, 0.05) is 83.3 Å². The van der Waals surface area contributed by atoms with Crippen molar-refractivity contribution >= 4 is 34.6 Å². The Morgan fingerprint density at radius 2 is 1.93 bits per heavy atom. The van der Waals surface area contributed by atoms with E-state index in [-0.39, 0.29) is 37.9 Å². The first-order valence-electron chi connectivity index (χ1n) is 19.7. The van der Waals surface area contributed by atoms with E-state index in [0.717, 1.165) is 38.7 Å². The summed E-state index contributed by atoms with van der Waals surface area (Å²) < 4.78 is 30.8. The Hall–Kier alpha value is -4.98. The molecule has 1 aromatic heterocycles. The number of nitriles is 1. The lowest BCUT2D eigenvalue weighted by Crippen LogP contribution is -2.68. The summed E-state index contributed by atoms with van der Waals surface area (Å²) in [4.78, 5) is 36.0. The van der Waals surface area contributed by atoms with Crippen LogP contribution in [0.5, 0.6) is 28.7 Å². The van der Waals surface area contributed by atoms with Gasteiger partial charge in [0.1, 0.15) is 11.3 Å². The topological polar surface area (TPSA) is 179 Å². The predicted molar refractivity (Wildman–Crippen MR) is 212 cm³/mol. The third-order valence-electron chi connectivity index (χ3n) is 13.3. The number of carbonyl (C=O) groups is 2. The van der Waals surface area contributed by atoms with E-state index in [1.807, 2.05) is 51.2 Å². The van der Waals surface area contributed by atoms with Gasteiger partial charge in [0.25, 0.3) is 0 Å². The summed E-state index contributed by atoms with van der Waals surface area (Å²) in [6.07, 6.45) is 1.06. The number of rotatable bonds is 3. The van der Waals surface area contributed by atoms with Gasteiger partial charge in [-0.2, -0.15) is 5.26 Å². The number of methoxy groups -OCH3 is 1. The number of hydrogen-bond donors (Lipinski definition) is 4. The Bertz CT molecular complexity index is 2480. The Labute approximate surface area is 339 Å². The number of H-pyrrole nitrogens is 1. The lowest BCUT2D eigenvalue weighted by atomic mass is 9.75. The Morgan fingerprint density at radius 1 is 1.14 bits per heavy atom. The molecule has 8 atom stereocenters. The van der Waals surface area contributed by atoms with Crippen molar-refractivity contribution < 1.29 is 43.5 Å². The van der Waals surface area contributed by atoms with Crippen molar-refractivity contribution in [2.24, 2.45) is 0 Å². The fourth-order valence-corrected chi connectivity index (χ4v) is 12.9. The number of hydrogen-bond acceptors (Lipinski definition) is 14. The molecule has 3 aromatic carbocycles. The number of para-hydroxylation sites is 1. The van der Waals surface area contributed by atoms with Crippen LogP contribution < -0.4 is 24.3 Å². The number of aliphatic hydroxyl groups is 1. The number of phenols is 1. The lowest BCUT2D eigenvalue weighted by molar-refractivity contribution is -0.153. The molecule has 302 valence electrons. The molecular formula is C43H45N5O9S.